The molecule has 9 nitrogen and oxygen atoms in total. The van der Waals surface area contributed by atoms with Crippen molar-refractivity contribution < 1.29 is 46.9 Å². The smallest absolute Gasteiger partial charge is 0.416 e. The Bertz CT molecular complexity index is 1430. The summed E-state index contributed by atoms with van der Waals surface area (Å²) in [6.07, 6.45) is -7.66. The highest BCUT2D eigenvalue weighted by molar-refractivity contribution is 6.13. The van der Waals surface area contributed by atoms with Crippen LogP contribution < -0.4 is 4.90 Å². The van der Waals surface area contributed by atoms with E-state index in [0.29, 0.717) is 6.07 Å². The number of anilines is 1. The van der Waals surface area contributed by atoms with E-state index in [1.165, 1.54) is 58.0 Å². The van der Waals surface area contributed by atoms with Gasteiger partial charge in [0, 0.05) is 17.3 Å². The summed E-state index contributed by atoms with van der Waals surface area (Å²) in [6.45, 7) is 5.05. The van der Waals surface area contributed by atoms with E-state index < -0.39 is 59.4 Å². The van der Waals surface area contributed by atoms with Crippen molar-refractivity contribution in [1.29, 1.82) is 5.26 Å². The number of allylic oxidation sites excluding steroid dienone is 1. The lowest BCUT2D eigenvalue weighted by molar-refractivity contribution is -0.155. The number of rotatable bonds is 8. The van der Waals surface area contributed by atoms with E-state index in [1.807, 2.05) is 6.07 Å². The molecule has 0 bridgehead atoms. The molecule has 1 heterocycles. The average Bonchev–Trinajstić information content (AvgIpc) is 2.91. The van der Waals surface area contributed by atoms with Crippen LogP contribution in [0.2, 0.25) is 0 Å². The average molecular weight is 573 g/mol. The molecule has 3 unspecified atom stereocenters. The number of amides is 1. The van der Waals surface area contributed by atoms with Crippen molar-refractivity contribution in [2.45, 2.75) is 52.0 Å². The number of halogens is 3. The van der Waals surface area contributed by atoms with Crippen LogP contribution in [0.5, 0.6) is 0 Å². The number of hydrogen-bond donors (Lipinski definition) is 1. The molecule has 0 saturated heterocycles. The Kier molecular flexibility index (Phi) is 9.35. The van der Waals surface area contributed by atoms with Gasteiger partial charge in [0.15, 0.2) is 6.10 Å². The lowest BCUT2D eigenvalue weighted by Crippen LogP contribution is -2.49. The molecule has 4 atom stereocenters. The molecule has 1 N–H and O–H groups in total. The van der Waals surface area contributed by atoms with Crippen LogP contribution in [0.3, 0.4) is 0 Å². The summed E-state index contributed by atoms with van der Waals surface area (Å²) in [5.41, 5.74) is -1.30. The number of Topliss-reactive ketones (excluding diaryl/α,β-unsaturated/α-hetero) is 1. The highest BCUT2D eigenvalue weighted by Gasteiger charge is 2.50. The minimum absolute atomic E-state index is 0.144. The van der Waals surface area contributed by atoms with Crippen molar-refractivity contribution in [2.24, 2.45) is 5.92 Å². The summed E-state index contributed by atoms with van der Waals surface area (Å²) in [7, 11) is 0. The zero-order valence-corrected chi connectivity index (χ0v) is 22.6. The molecule has 216 valence electrons. The van der Waals surface area contributed by atoms with Crippen molar-refractivity contribution in [3.8, 4) is 6.07 Å². The molecule has 1 aliphatic rings. The summed E-state index contributed by atoms with van der Waals surface area (Å²) in [5.74, 6) is -7.06. The summed E-state index contributed by atoms with van der Waals surface area (Å²) >= 11 is 0. The molecule has 0 fully saturated rings. The van der Waals surface area contributed by atoms with Crippen LogP contribution in [0.25, 0.3) is 0 Å². The molecule has 0 saturated carbocycles. The maximum absolute atomic E-state index is 13.9. The molecule has 2 aromatic rings. The van der Waals surface area contributed by atoms with Crippen molar-refractivity contribution in [3.63, 3.8) is 0 Å². The Labute approximate surface area is 233 Å². The molecular weight excluding hydrogens is 545 g/mol. The zero-order chi connectivity index (χ0) is 30.6. The molecule has 0 spiro atoms. The first-order valence-corrected chi connectivity index (χ1v) is 12.5. The predicted octanol–water partition coefficient (Wildman–Crippen LogP) is 4.04. The first kappa shape index (κ1) is 31.0. The van der Waals surface area contributed by atoms with Gasteiger partial charge in [0.2, 0.25) is 11.7 Å². The maximum atomic E-state index is 13.9. The van der Waals surface area contributed by atoms with E-state index in [1.54, 1.807) is 0 Å². The van der Waals surface area contributed by atoms with E-state index in [0.717, 1.165) is 17.0 Å². The van der Waals surface area contributed by atoms with Crippen LogP contribution in [-0.2, 0) is 34.8 Å². The van der Waals surface area contributed by atoms with E-state index >= 15 is 0 Å². The Balaban J connectivity index is 2.31. The van der Waals surface area contributed by atoms with Gasteiger partial charge in [-0.1, -0.05) is 18.2 Å². The Morgan fingerprint density at radius 1 is 1.12 bits per heavy atom. The monoisotopic (exact) mass is 572 g/mol. The molecule has 3 rings (SSSR count). The number of aliphatic hydroxyl groups excluding tert-OH is 1. The molecular formula is C29H27F3N2O7. The lowest BCUT2D eigenvalue weighted by atomic mass is 9.75. The SMILES string of the molecule is CCOC(=O)C1C(=O)N(c2cccc(C(F)(F)F)c2)C(C)=C(C(=O)O[C@H](C)C(=O)C(C)O)C1c1ccc(C#N)cc1. The molecule has 0 radical (unpaired) electrons. The number of carbonyl (C=O) groups is 4. The van der Waals surface area contributed by atoms with Gasteiger partial charge in [0.1, 0.15) is 12.0 Å². The van der Waals surface area contributed by atoms with Crippen molar-refractivity contribution in [2.75, 3.05) is 11.5 Å². The second-order valence-electron chi connectivity index (χ2n) is 9.29. The number of nitriles is 1. The molecule has 1 aliphatic heterocycles. The summed E-state index contributed by atoms with van der Waals surface area (Å²) in [6, 6.07) is 11.4. The largest absolute Gasteiger partial charge is 0.465 e. The fourth-order valence-corrected chi connectivity index (χ4v) is 4.59. The quantitative estimate of drug-likeness (QED) is 0.370. The number of hydrogen-bond acceptors (Lipinski definition) is 8. The highest BCUT2D eigenvalue weighted by atomic mass is 19.4. The Morgan fingerprint density at radius 2 is 1.76 bits per heavy atom. The fourth-order valence-electron chi connectivity index (χ4n) is 4.59. The van der Waals surface area contributed by atoms with Gasteiger partial charge in [0.25, 0.3) is 0 Å². The lowest BCUT2D eigenvalue weighted by Gasteiger charge is -2.39. The Hall–Kier alpha value is -4.50. The third-order valence-corrected chi connectivity index (χ3v) is 6.54. The standard InChI is InChI=1S/C29H27F3N2O7/c1-5-40-27(38)24-23(19-11-9-18(14-33)10-12-19)22(28(39)41-17(4)25(36)16(3)35)15(2)34(26(24)37)21-8-6-7-20(13-21)29(30,31)32/h6-13,16-17,23-24,35H,5H2,1-4H3/t16?,17-,23?,24?/m1/s1. The third kappa shape index (κ3) is 6.47. The van der Waals surface area contributed by atoms with Gasteiger partial charge in [0.05, 0.1) is 29.4 Å². The highest BCUT2D eigenvalue weighted by Crippen LogP contribution is 2.44. The fraction of sp³-hybridized carbons (Fsp3) is 0.345. The molecule has 1 amide bonds. The van der Waals surface area contributed by atoms with Gasteiger partial charge >= 0.3 is 18.1 Å². The number of ether oxygens (including phenoxy) is 2. The van der Waals surface area contributed by atoms with Crippen LogP contribution in [0.4, 0.5) is 18.9 Å². The first-order valence-electron chi connectivity index (χ1n) is 12.5. The number of aliphatic hydroxyl groups is 1. The van der Waals surface area contributed by atoms with Crippen LogP contribution in [0.15, 0.2) is 59.8 Å². The zero-order valence-electron chi connectivity index (χ0n) is 22.6. The number of carbonyl (C=O) groups excluding carboxylic acids is 4. The van der Waals surface area contributed by atoms with Crippen molar-refractivity contribution >= 4 is 29.3 Å². The minimum Gasteiger partial charge on any atom is -0.465 e. The minimum atomic E-state index is -4.75. The van der Waals surface area contributed by atoms with E-state index in [9.17, 15) is 42.7 Å². The molecule has 0 aromatic heterocycles. The number of ketones is 1. The maximum Gasteiger partial charge on any atom is 0.416 e. The van der Waals surface area contributed by atoms with E-state index in [-0.39, 0.29) is 34.7 Å². The topological polar surface area (TPSA) is 134 Å². The normalized spacial score (nSPS) is 18.8. The van der Waals surface area contributed by atoms with Gasteiger partial charge in [-0.3, -0.25) is 19.3 Å². The molecule has 0 aliphatic carbocycles. The van der Waals surface area contributed by atoms with Crippen molar-refractivity contribution in [1.82, 2.24) is 0 Å². The van der Waals surface area contributed by atoms with Crippen molar-refractivity contribution in [3.05, 3.63) is 76.5 Å². The Morgan fingerprint density at radius 3 is 2.29 bits per heavy atom. The summed E-state index contributed by atoms with van der Waals surface area (Å²) < 4.78 is 51.1. The summed E-state index contributed by atoms with van der Waals surface area (Å²) in [5, 5.41) is 18.9. The molecule has 2 aromatic carbocycles. The van der Waals surface area contributed by atoms with E-state index in [4.69, 9.17) is 9.47 Å². The van der Waals surface area contributed by atoms with E-state index in [2.05, 4.69) is 0 Å². The van der Waals surface area contributed by atoms with Gasteiger partial charge < -0.3 is 14.6 Å². The molecule has 41 heavy (non-hydrogen) atoms. The van der Waals surface area contributed by atoms with Gasteiger partial charge in [-0.2, -0.15) is 18.4 Å². The van der Waals surface area contributed by atoms with Gasteiger partial charge in [-0.25, -0.2) is 4.79 Å². The van der Waals surface area contributed by atoms with Crippen LogP contribution in [-0.4, -0.2) is 47.6 Å². The first-order chi connectivity index (χ1) is 19.2. The number of benzene rings is 2. The second-order valence-corrected chi connectivity index (χ2v) is 9.29. The van der Waals surface area contributed by atoms with Gasteiger partial charge in [-0.05, 0) is 63.6 Å². The summed E-state index contributed by atoms with van der Waals surface area (Å²) in [4.78, 5) is 53.9. The van der Waals surface area contributed by atoms with Crippen LogP contribution in [0, 0.1) is 17.2 Å². The molecule has 12 heteroatoms. The van der Waals surface area contributed by atoms with Gasteiger partial charge in [-0.15, -0.1) is 0 Å². The number of alkyl halides is 3. The third-order valence-electron chi connectivity index (χ3n) is 6.54. The van der Waals surface area contributed by atoms with Crippen LogP contribution in [0.1, 0.15) is 50.3 Å². The predicted molar refractivity (Wildman–Crippen MR) is 138 cm³/mol. The second kappa shape index (κ2) is 12.3. The number of nitrogens with zero attached hydrogens (tertiary/aromatic N) is 2. The number of esters is 2. The van der Waals surface area contributed by atoms with Crippen LogP contribution >= 0.6 is 0 Å².